The van der Waals surface area contributed by atoms with Gasteiger partial charge in [0.15, 0.2) is 0 Å². The second-order valence-corrected chi connectivity index (χ2v) is 7.53. The Balaban J connectivity index is 2.31. The van der Waals surface area contributed by atoms with Crippen molar-refractivity contribution in [3.63, 3.8) is 0 Å². The fourth-order valence-corrected chi connectivity index (χ4v) is 2.63. The van der Waals surface area contributed by atoms with Crippen molar-refractivity contribution in [2.24, 2.45) is 0 Å². The summed E-state index contributed by atoms with van der Waals surface area (Å²) in [5.74, 6) is 0.992. The lowest BCUT2D eigenvalue weighted by atomic mass is 9.87. The average molecular weight is 320 g/mol. The van der Waals surface area contributed by atoms with E-state index in [0.717, 1.165) is 25.3 Å². The molecule has 0 atom stereocenters. The van der Waals surface area contributed by atoms with Gasteiger partial charge in [0.2, 0.25) is 0 Å². The van der Waals surface area contributed by atoms with Crippen LogP contribution in [-0.2, 0) is 5.41 Å². The first kappa shape index (κ1) is 20.0. The zero-order valence-electron chi connectivity index (χ0n) is 16.0. The molecule has 2 heteroatoms. The summed E-state index contributed by atoms with van der Waals surface area (Å²) in [5.41, 5.74) is 1.56. The fraction of sp³-hybridized carbons (Fsp3) is 0.714. The summed E-state index contributed by atoms with van der Waals surface area (Å²) in [6, 6.07) is 8.58. The van der Waals surface area contributed by atoms with E-state index in [-0.39, 0.29) is 5.41 Å². The monoisotopic (exact) mass is 319 g/mol. The first-order chi connectivity index (χ1) is 11.0. The van der Waals surface area contributed by atoms with Crippen LogP contribution in [0.5, 0.6) is 5.75 Å². The van der Waals surface area contributed by atoms with Crippen molar-refractivity contribution in [2.75, 3.05) is 26.2 Å². The van der Waals surface area contributed by atoms with Crippen LogP contribution >= 0.6 is 0 Å². The Morgan fingerprint density at radius 1 is 0.826 bits per heavy atom. The lowest BCUT2D eigenvalue weighted by Gasteiger charge is -2.22. The van der Waals surface area contributed by atoms with E-state index in [4.69, 9.17) is 4.74 Å². The normalized spacial score (nSPS) is 11.9. The standard InChI is InChI=1S/C21H37NO/c1-6-8-15-22(16-9-7-2)17-10-18-23-20-13-11-19(12-14-20)21(3,4)5/h11-14H,6-10,15-18H2,1-5H3. The van der Waals surface area contributed by atoms with E-state index in [9.17, 15) is 0 Å². The third kappa shape index (κ3) is 8.41. The molecule has 0 fully saturated rings. The highest BCUT2D eigenvalue weighted by molar-refractivity contribution is 5.31. The first-order valence-electron chi connectivity index (χ1n) is 9.43. The summed E-state index contributed by atoms with van der Waals surface area (Å²) >= 11 is 0. The van der Waals surface area contributed by atoms with Gasteiger partial charge in [0, 0.05) is 6.54 Å². The number of hydrogen-bond donors (Lipinski definition) is 0. The van der Waals surface area contributed by atoms with E-state index in [0.29, 0.717) is 0 Å². The van der Waals surface area contributed by atoms with Gasteiger partial charge in [-0.1, -0.05) is 59.6 Å². The van der Waals surface area contributed by atoms with Gasteiger partial charge in [-0.3, -0.25) is 0 Å². The fourth-order valence-electron chi connectivity index (χ4n) is 2.63. The average Bonchev–Trinajstić information content (AvgIpc) is 2.53. The van der Waals surface area contributed by atoms with Crippen molar-refractivity contribution < 1.29 is 4.74 Å². The van der Waals surface area contributed by atoms with E-state index in [1.807, 2.05) is 0 Å². The van der Waals surface area contributed by atoms with Gasteiger partial charge in [-0.15, -0.1) is 0 Å². The minimum absolute atomic E-state index is 0.206. The third-order valence-corrected chi connectivity index (χ3v) is 4.26. The molecule has 0 aliphatic rings. The molecule has 0 heterocycles. The molecule has 1 aromatic carbocycles. The summed E-state index contributed by atoms with van der Waals surface area (Å²) in [5, 5.41) is 0. The van der Waals surface area contributed by atoms with Crippen LogP contribution in [0.1, 0.15) is 72.3 Å². The van der Waals surface area contributed by atoms with Gasteiger partial charge >= 0.3 is 0 Å². The molecule has 0 aliphatic carbocycles. The Morgan fingerprint density at radius 3 is 1.83 bits per heavy atom. The summed E-state index contributed by atoms with van der Waals surface area (Å²) < 4.78 is 5.91. The molecule has 2 nitrogen and oxygen atoms in total. The van der Waals surface area contributed by atoms with Crippen molar-refractivity contribution >= 4 is 0 Å². The Kier molecular flexibility index (Phi) is 9.31. The summed E-state index contributed by atoms with van der Waals surface area (Å²) in [7, 11) is 0. The molecule has 1 rings (SSSR count). The van der Waals surface area contributed by atoms with Crippen LogP contribution < -0.4 is 4.74 Å². The largest absolute Gasteiger partial charge is 0.494 e. The maximum absolute atomic E-state index is 5.91. The minimum atomic E-state index is 0.206. The molecule has 0 N–H and O–H groups in total. The lowest BCUT2D eigenvalue weighted by molar-refractivity contribution is 0.229. The molecule has 0 amide bonds. The molecule has 0 aromatic heterocycles. The molecule has 0 aliphatic heterocycles. The Labute approximate surface area is 144 Å². The summed E-state index contributed by atoms with van der Waals surface area (Å²) in [6.45, 7) is 15.7. The minimum Gasteiger partial charge on any atom is -0.494 e. The highest BCUT2D eigenvalue weighted by Gasteiger charge is 2.12. The van der Waals surface area contributed by atoms with Gasteiger partial charge in [0.05, 0.1) is 6.61 Å². The van der Waals surface area contributed by atoms with Gasteiger partial charge in [0.1, 0.15) is 5.75 Å². The molecule has 132 valence electrons. The molecule has 0 radical (unpaired) electrons. The van der Waals surface area contributed by atoms with E-state index < -0.39 is 0 Å². The van der Waals surface area contributed by atoms with Crippen molar-refractivity contribution in [1.29, 1.82) is 0 Å². The Morgan fingerprint density at radius 2 is 1.35 bits per heavy atom. The van der Waals surface area contributed by atoms with Crippen LogP contribution in [0, 0.1) is 0 Å². The zero-order chi connectivity index (χ0) is 17.1. The van der Waals surface area contributed by atoms with E-state index in [1.165, 1.54) is 44.3 Å². The maximum atomic E-state index is 5.91. The number of unbranched alkanes of at least 4 members (excludes halogenated alkanes) is 2. The van der Waals surface area contributed by atoms with Crippen molar-refractivity contribution in [2.45, 2.75) is 72.1 Å². The van der Waals surface area contributed by atoms with Crippen molar-refractivity contribution in [1.82, 2.24) is 4.90 Å². The second-order valence-electron chi connectivity index (χ2n) is 7.53. The number of nitrogens with zero attached hydrogens (tertiary/aromatic N) is 1. The van der Waals surface area contributed by atoms with E-state index >= 15 is 0 Å². The van der Waals surface area contributed by atoms with Crippen LogP contribution in [0.15, 0.2) is 24.3 Å². The van der Waals surface area contributed by atoms with Crippen LogP contribution in [0.25, 0.3) is 0 Å². The van der Waals surface area contributed by atoms with Crippen molar-refractivity contribution in [3.8, 4) is 5.75 Å². The summed E-state index contributed by atoms with van der Waals surface area (Å²) in [4.78, 5) is 2.60. The quantitative estimate of drug-likeness (QED) is 0.488. The highest BCUT2D eigenvalue weighted by Crippen LogP contribution is 2.24. The second kappa shape index (κ2) is 10.7. The van der Waals surface area contributed by atoms with Crippen LogP contribution in [0.3, 0.4) is 0 Å². The van der Waals surface area contributed by atoms with Gasteiger partial charge in [-0.25, -0.2) is 0 Å². The molecule has 0 saturated carbocycles. The van der Waals surface area contributed by atoms with Gasteiger partial charge in [-0.05, 0) is 55.5 Å². The van der Waals surface area contributed by atoms with Gasteiger partial charge < -0.3 is 9.64 Å². The smallest absolute Gasteiger partial charge is 0.119 e. The van der Waals surface area contributed by atoms with Crippen LogP contribution in [0.2, 0.25) is 0 Å². The van der Waals surface area contributed by atoms with E-state index in [1.54, 1.807) is 0 Å². The molecule has 0 unspecified atom stereocenters. The molecular formula is C21H37NO. The predicted molar refractivity (Wildman–Crippen MR) is 102 cm³/mol. The first-order valence-corrected chi connectivity index (χ1v) is 9.43. The molecule has 0 spiro atoms. The topological polar surface area (TPSA) is 12.5 Å². The summed E-state index contributed by atoms with van der Waals surface area (Å²) in [6.07, 6.45) is 6.27. The molecule has 1 aromatic rings. The number of ether oxygens (including phenoxy) is 1. The van der Waals surface area contributed by atoms with Crippen LogP contribution in [0.4, 0.5) is 0 Å². The number of benzene rings is 1. The van der Waals surface area contributed by atoms with Gasteiger partial charge in [-0.2, -0.15) is 0 Å². The number of rotatable bonds is 11. The zero-order valence-corrected chi connectivity index (χ0v) is 16.0. The van der Waals surface area contributed by atoms with Crippen molar-refractivity contribution in [3.05, 3.63) is 29.8 Å². The highest BCUT2D eigenvalue weighted by atomic mass is 16.5. The Hall–Kier alpha value is -1.02. The van der Waals surface area contributed by atoms with Gasteiger partial charge in [0.25, 0.3) is 0 Å². The SMILES string of the molecule is CCCCN(CCCC)CCCOc1ccc(C(C)(C)C)cc1. The molecule has 23 heavy (non-hydrogen) atoms. The predicted octanol–water partition coefficient (Wildman–Crippen LogP) is 5.66. The maximum Gasteiger partial charge on any atom is 0.119 e. The number of hydrogen-bond acceptors (Lipinski definition) is 2. The van der Waals surface area contributed by atoms with E-state index in [2.05, 4.69) is 63.8 Å². The molecular weight excluding hydrogens is 282 g/mol. The molecule has 0 saturated heterocycles. The third-order valence-electron chi connectivity index (χ3n) is 4.26. The Bertz CT molecular complexity index is 397. The molecule has 0 bridgehead atoms. The lowest BCUT2D eigenvalue weighted by Crippen LogP contribution is -2.28. The van der Waals surface area contributed by atoms with Crippen LogP contribution in [-0.4, -0.2) is 31.1 Å².